The molecule has 0 aliphatic heterocycles. The molecule has 0 spiro atoms. The second-order valence-electron chi connectivity index (χ2n) is 7.38. The number of ether oxygens (including phenoxy) is 1. The minimum absolute atomic E-state index is 0.0685. The standard InChI is InChI=1S/C22H24N2O4S/c1-16(19-7-8-19)24(20-9-11-21(28-2)12-10-20)22(25)15-29(26,27)14-18-5-3-17(13-23)4-6-18/h3-6,9-12,16,19H,7-8,14-15H2,1-2H3. The molecular formula is C22H24N2O4S. The van der Waals surface area contributed by atoms with E-state index in [4.69, 9.17) is 10.00 Å². The van der Waals surface area contributed by atoms with E-state index < -0.39 is 21.5 Å². The summed E-state index contributed by atoms with van der Waals surface area (Å²) in [7, 11) is -2.09. The molecule has 0 bridgehead atoms. The van der Waals surface area contributed by atoms with Crippen LogP contribution < -0.4 is 9.64 Å². The van der Waals surface area contributed by atoms with Gasteiger partial charge in [0.15, 0.2) is 9.84 Å². The molecule has 1 aliphatic carbocycles. The Labute approximate surface area is 171 Å². The Morgan fingerprint density at radius 2 is 1.79 bits per heavy atom. The highest BCUT2D eigenvalue weighted by Gasteiger charge is 2.36. The molecule has 152 valence electrons. The molecule has 1 aliphatic rings. The third-order valence-corrected chi connectivity index (χ3v) is 6.60. The van der Waals surface area contributed by atoms with Crippen molar-refractivity contribution in [2.75, 3.05) is 17.8 Å². The summed E-state index contributed by atoms with van der Waals surface area (Å²) in [5, 5.41) is 8.86. The normalized spacial score (nSPS) is 14.7. The van der Waals surface area contributed by atoms with Crippen LogP contribution in [0.5, 0.6) is 5.75 Å². The number of carbonyl (C=O) groups excluding carboxylic acids is 1. The number of methoxy groups -OCH3 is 1. The molecule has 0 saturated heterocycles. The van der Waals surface area contributed by atoms with Gasteiger partial charge in [-0.25, -0.2) is 8.42 Å². The monoisotopic (exact) mass is 412 g/mol. The van der Waals surface area contributed by atoms with Gasteiger partial charge in [0.25, 0.3) is 0 Å². The average molecular weight is 413 g/mol. The van der Waals surface area contributed by atoms with Crippen molar-refractivity contribution in [3.05, 3.63) is 59.7 Å². The maximum Gasteiger partial charge on any atom is 0.242 e. The summed E-state index contributed by atoms with van der Waals surface area (Å²) in [6, 6.07) is 15.4. The Hall–Kier alpha value is -2.85. The van der Waals surface area contributed by atoms with Gasteiger partial charge in [-0.15, -0.1) is 0 Å². The minimum Gasteiger partial charge on any atom is -0.497 e. The summed E-state index contributed by atoms with van der Waals surface area (Å²) in [5.41, 5.74) is 1.69. The van der Waals surface area contributed by atoms with Crippen LogP contribution in [0.4, 0.5) is 5.69 Å². The van der Waals surface area contributed by atoms with Crippen LogP contribution in [0.25, 0.3) is 0 Å². The zero-order valence-corrected chi connectivity index (χ0v) is 17.4. The van der Waals surface area contributed by atoms with E-state index in [0.29, 0.717) is 28.5 Å². The zero-order valence-electron chi connectivity index (χ0n) is 16.5. The molecule has 1 fully saturated rings. The molecule has 1 unspecified atom stereocenters. The van der Waals surface area contributed by atoms with Gasteiger partial charge in [0.1, 0.15) is 11.5 Å². The predicted octanol–water partition coefficient (Wildman–Crippen LogP) is 3.31. The Morgan fingerprint density at radius 1 is 1.17 bits per heavy atom. The molecule has 6 nitrogen and oxygen atoms in total. The first kappa shape index (κ1) is 20.9. The van der Waals surface area contributed by atoms with Crippen molar-refractivity contribution in [2.45, 2.75) is 31.6 Å². The Bertz CT molecular complexity index is 1000. The molecule has 0 aromatic heterocycles. The fourth-order valence-electron chi connectivity index (χ4n) is 3.38. The number of carbonyl (C=O) groups is 1. The fraction of sp³-hybridized carbons (Fsp3) is 0.364. The van der Waals surface area contributed by atoms with Crippen LogP contribution >= 0.6 is 0 Å². The summed E-state index contributed by atoms with van der Waals surface area (Å²) in [6.45, 7) is 1.97. The number of anilines is 1. The van der Waals surface area contributed by atoms with Crippen LogP contribution in [0.1, 0.15) is 30.9 Å². The number of nitriles is 1. The summed E-state index contributed by atoms with van der Waals surface area (Å²) in [6.07, 6.45) is 2.08. The van der Waals surface area contributed by atoms with E-state index in [1.54, 1.807) is 60.5 Å². The molecule has 29 heavy (non-hydrogen) atoms. The average Bonchev–Trinajstić information content (AvgIpc) is 3.54. The molecule has 1 amide bonds. The SMILES string of the molecule is COc1ccc(N(C(=O)CS(=O)(=O)Cc2ccc(C#N)cc2)C(C)C2CC2)cc1. The molecule has 1 saturated carbocycles. The summed E-state index contributed by atoms with van der Waals surface area (Å²) < 4.78 is 30.5. The summed E-state index contributed by atoms with van der Waals surface area (Å²) >= 11 is 0. The molecule has 1 atom stereocenters. The van der Waals surface area contributed by atoms with Gasteiger partial charge in [-0.3, -0.25) is 4.79 Å². The van der Waals surface area contributed by atoms with Crippen molar-refractivity contribution >= 4 is 21.4 Å². The van der Waals surface area contributed by atoms with Crippen LogP contribution in [0.3, 0.4) is 0 Å². The summed E-state index contributed by atoms with van der Waals surface area (Å²) in [5.74, 6) is -0.159. The second kappa shape index (κ2) is 8.66. The van der Waals surface area contributed by atoms with Crippen molar-refractivity contribution in [1.82, 2.24) is 0 Å². The van der Waals surface area contributed by atoms with Crippen molar-refractivity contribution in [2.24, 2.45) is 5.92 Å². The van der Waals surface area contributed by atoms with E-state index in [0.717, 1.165) is 12.8 Å². The lowest BCUT2D eigenvalue weighted by Crippen LogP contribution is -2.43. The van der Waals surface area contributed by atoms with Gasteiger partial charge in [0, 0.05) is 11.7 Å². The van der Waals surface area contributed by atoms with E-state index >= 15 is 0 Å². The van der Waals surface area contributed by atoms with E-state index in [-0.39, 0.29) is 11.8 Å². The quantitative estimate of drug-likeness (QED) is 0.664. The van der Waals surface area contributed by atoms with Crippen LogP contribution in [0.2, 0.25) is 0 Å². The van der Waals surface area contributed by atoms with Gasteiger partial charge < -0.3 is 9.64 Å². The van der Waals surface area contributed by atoms with Crippen molar-refractivity contribution < 1.29 is 17.9 Å². The first-order valence-electron chi connectivity index (χ1n) is 9.48. The Kier molecular flexibility index (Phi) is 6.23. The van der Waals surface area contributed by atoms with Gasteiger partial charge in [0.2, 0.25) is 5.91 Å². The van der Waals surface area contributed by atoms with Gasteiger partial charge in [-0.2, -0.15) is 5.26 Å². The van der Waals surface area contributed by atoms with Crippen molar-refractivity contribution in [1.29, 1.82) is 5.26 Å². The van der Waals surface area contributed by atoms with E-state index in [1.165, 1.54) is 0 Å². The predicted molar refractivity (Wildman–Crippen MR) is 111 cm³/mol. The topological polar surface area (TPSA) is 87.5 Å². The van der Waals surface area contributed by atoms with Crippen LogP contribution in [-0.4, -0.2) is 33.2 Å². The molecule has 2 aromatic carbocycles. The van der Waals surface area contributed by atoms with Crippen LogP contribution in [0, 0.1) is 17.2 Å². The molecule has 2 aromatic rings. The molecule has 0 N–H and O–H groups in total. The third-order valence-electron chi connectivity index (χ3n) is 5.14. The lowest BCUT2D eigenvalue weighted by molar-refractivity contribution is -0.116. The lowest BCUT2D eigenvalue weighted by Gasteiger charge is -2.29. The third kappa shape index (κ3) is 5.36. The van der Waals surface area contributed by atoms with Gasteiger partial charge in [-0.05, 0) is 67.6 Å². The van der Waals surface area contributed by atoms with Crippen molar-refractivity contribution in [3.63, 3.8) is 0 Å². The number of amides is 1. The molecule has 0 heterocycles. The molecular weight excluding hydrogens is 388 g/mol. The molecule has 3 rings (SSSR count). The smallest absolute Gasteiger partial charge is 0.242 e. The number of sulfone groups is 1. The first-order chi connectivity index (χ1) is 13.8. The van der Waals surface area contributed by atoms with Crippen molar-refractivity contribution in [3.8, 4) is 11.8 Å². The molecule has 7 heteroatoms. The number of hydrogen-bond acceptors (Lipinski definition) is 5. The minimum atomic E-state index is -3.66. The highest BCUT2D eigenvalue weighted by Crippen LogP contribution is 2.37. The zero-order chi connectivity index (χ0) is 21.0. The lowest BCUT2D eigenvalue weighted by atomic mass is 10.1. The number of nitrogens with zero attached hydrogens (tertiary/aromatic N) is 2. The number of rotatable bonds is 8. The van der Waals surface area contributed by atoms with Gasteiger partial charge >= 0.3 is 0 Å². The maximum absolute atomic E-state index is 13.1. The summed E-state index contributed by atoms with van der Waals surface area (Å²) in [4.78, 5) is 14.7. The number of hydrogen-bond donors (Lipinski definition) is 0. The van der Waals surface area contributed by atoms with Gasteiger partial charge in [-0.1, -0.05) is 12.1 Å². The fourth-order valence-corrected chi connectivity index (χ4v) is 4.69. The maximum atomic E-state index is 13.1. The largest absolute Gasteiger partial charge is 0.497 e. The van der Waals surface area contributed by atoms with Crippen LogP contribution in [0.15, 0.2) is 48.5 Å². The number of benzene rings is 2. The second-order valence-corrected chi connectivity index (χ2v) is 9.45. The highest BCUT2D eigenvalue weighted by atomic mass is 32.2. The van der Waals surface area contributed by atoms with E-state index in [1.807, 2.05) is 13.0 Å². The van der Waals surface area contributed by atoms with E-state index in [2.05, 4.69) is 0 Å². The first-order valence-corrected chi connectivity index (χ1v) is 11.3. The van der Waals surface area contributed by atoms with Gasteiger partial charge in [0.05, 0.1) is 24.5 Å². The molecule has 0 radical (unpaired) electrons. The van der Waals surface area contributed by atoms with Crippen LogP contribution in [-0.2, 0) is 20.4 Å². The highest BCUT2D eigenvalue weighted by molar-refractivity contribution is 7.91. The Morgan fingerprint density at radius 3 is 2.31 bits per heavy atom. The van der Waals surface area contributed by atoms with E-state index in [9.17, 15) is 13.2 Å². The Balaban J connectivity index is 1.78.